The quantitative estimate of drug-likeness (QED) is 0.890. The van der Waals surface area contributed by atoms with Gasteiger partial charge in [0.2, 0.25) is 0 Å². The van der Waals surface area contributed by atoms with E-state index in [1.54, 1.807) is 0 Å². The molecule has 0 aliphatic rings. The van der Waals surface area contributed by atoms with Crippen LogP contribution in [0, 0.1) is 13.8 Å². The fraction of sp³-hybridized carbons (Fsp3) is 0.294. The van der Waals surface area contributed by atoms with E-state index in [-0.39, 0.29) is 6.04 Å². The second-order valence-corrected chi connectivity index (χ2v) is 5.68. The van der Waals surface area contributed by atoms with Gasteiger partial charge in [0.05, 0.1) is 0 Å². The molecule has 0 amide bonds. The summed E-state index contributed by atoms with van der Waals surface area (Å²) in [6.45, 7) is 6.07. The minimum absolute atomic E-state index is 0.0383. The van der Waals surface area contributed by atoms with Crippen molar-refractivity contribution in [3.63, 3.8) is 0 Å². The molecule has 2 nitrogen and oxygen atoms in total. The van der Waals surface area contributed by atoms with E-state index in [0.29, 0.717) is 11.4 Å². The largest absolute Gasteiger partial charge is 0.457 e. The topological polar surface area (TPSA) is 35.2 Å². The van der Waals surface area contributed by atoms with E-state index in [4.69, 9.17) is 22.1 Å². The average Bonchev–Trinajstić information content (AvgIpc) is 2.36. The Balaban J connectivity index is 2.35. The molecule has 0 fully saturated rings. The standard InChI is InChI=1S/C17H20ClNO/c1-11-7-8-16(12(2)9-11)20-17-6-4-5-15(18)14(17)10-13(3)19/h4-9,13H,10,19H2,1-3H3. The first-order valence-electron chi connectivity index (χ1n) is 6.75. The smallest absolute Gasteiger partial charge is 0.132 e. The Morgan fingerprint density at radius 1 is 1.15 bits per heavy atom. The Hall–Kier alpha value is -1.51. The van der Waals surface area contributed by atoms with Crippen LogP contribution in [-0.4, -0.2) is 6.04 Å². The predicted octanol–water partition coefficient (Wildman–Crippen LogP) is 4.64. The van der Waals surface area contributed by atoms with Crippen molar-refractivity contribution in [2.45, 2.75) is 33.2 Å². The van der Waals surface area contributed by atoms with Crippen molar-refractivity contribution in [2.75, 3.05) is 0 Å². The van der Waals surface area contributed by atoms with Gasteiger partial charge in [-0.3, -0.25) is 0 Å². The molecule has 1 unspecified atom stereocenters. The fourth-order valence-corrected chi connectivity index (χ4v) is 2.43. The molecule has 0 spiro atoms. The molecule has 0 aliphatic carbocycles. The Morgan fingerprint density at radius 2 is 1.90 bits per heavy atom. The number of hydrogen-bond donors (Lipinski definition) is 1. The third kappa shape index (κ3) is 3.53. The van der Waals surface area contributed by atoms with Crippen LogP contribution in [0.2, 0.25) is 5.02 Å². The van der Waals surface area contributed by atoms with E-state index < -0.39 is 0 Å². The van der Waals surface area contributed by atoms with E-state index in [9.17, 15) is 0 Å². The molecule has 0 saturated heterocycles. The van der Waals surface area contributed by atoms with Gasteiger partial charge in [-0.05, 0) is 51.0 Å². The molecule has 0 saturated carbocycles. The maximum absolute atomic E-state index is 6.27. The average molecular weight is 290 g/mol. The first-order valence-corrected chi connectivity index (χ1v) is 7.13. The summed E-state index contributed by atoms with van der Waals surface area (Å²) in [6, 6.07) is 11.9. The summed E-state index contributed by atoms with van der Waals surface area (Å²) >= 11 is 6.27. The van der Waals surface area contributed by atoms with Crippen LogP contribution in [0.15, 0.2) is 36.4 Å². The van der Waals surface area contributed by atoms with Gasteiger partial charge in [-0.25, -0.2) is 0 Å². The molecule has 2 rings (SSSR count). The maximum Gasteiger partial charge on any atom is 0.132 e. The second kappa shape index (κ2) is 6.29. The number of rotatable bonds is 4. The molecular weight excluding hydrogens is 270 g/mol. The highest BCUT2D eigenvalue weighted by atomic mass is 35.5. The second-order valence-electron chi connectivity index (χ2n) is 5.27. The number of halogens is 1. The van der Waals surface area contributed by atoms with Gasteiger partial charge in [0.15, 0.2) is 0 Å². The molecular formula is C17H20ClNO. The number of aryl methyl sites for hydroxylation is 2. The summed E-state index contributed by atoms with van der Waals surface area (Å²) in [4.78, 5) is 0. The van der Waals surface area contributed by atoms with Gasteiger partial charge in [-0.1, -0.05) is 35.4 Å². The van der Waals surface area contributed by atoms with E-state index in [2.05, 4.69) is 13.0 Å². The normalized spacial score (nSPS) is 12.2. The Labute approximate surface area is 125 Å². The molecule has 0 radical (unpaired) electrons. The molecule has 20 heavy (non-hydrogen) atoms. The lowest BCUT2D eigenvalue weighted by Gasteiger charge is -2.15. The monoisotopic (exact) mass is 289 g/mol. The van der Waals surface area contributed by atoms with Crippen molar-refractivity contribution in [2.24, 2.45) is 5.73 Å². The zero-order valence-electron chi connectivity index (χ0n) is 12.1. The molecule has 2 N–H and O–H groups in total. The van der Waals surface area contributed by atoms with Crippen LogP contribution in [-0.2, 0) is 6.42 Å². The van der Waals surface area contributed by atoms with Crippen molar-refractivity contribution in [3.8, 4) is 11.5 Å². The van der Waals surface area contributed by atoms with E-state index in [0.717, 1.165) is 22.6 Å². The number of benzene rings is 2. The fourth-order valence-electron chi connectivity index (χ4n) is 2.19. The summed E-state index contributed by atoms with van der Waals surface area (Å²) in [7, 11) is 0. The van der Waals surface area contributed by atoms with E-state index in [1.807, 2.05) is 44.2 Å². The zero-order chi connectivity index (χ0) is 14.7. The van der Waals surface area contributed by atoms with Crippen LogP contribution in [0.4, 0.5) is 0 Å². The van der Waals surface area contributed by atoms with Gasteiger partial charge in [0.25, 0.3) is 0 Å². The Bertz CT molecular complexity index is 608. The minimum Gasteiger partial charge on any atom is -0.457 e. The van der Waals surface area contributed by atoms with Crippen molar-refractivity contribution in [1.82, 2.24) is 0 Å². The lowest BCUT2D eigenvalue weighted by molar-refractivity contribution is 0.470. The third-order valence-electron chi connectivity index (χ3n) is 3.15. The molecule has 0 heterocycles. The van der Waals surface area contributed by atoms with E-state index in [1.165, 1.54) is 5.56 Å². The van der Waals surface area contributed by atoms with Crippen molar-refractivity contribution < 1.29 is 4.74 Å². The molecule has 0 bridgehead atoms. The van der Waals surface area contributed by atoms with Gasteiger partial charge in [-0.15, -0.1) is 0 Å². The number of ether oxygens (including phenoxy) is 1. The van der Waals surface area contributed by atoms with Gasteiger partial charge >= 0.3 is 0 Å². The van der Waals surface area contributed by atoms with Gasteiger partial charge in [0.1, 0.15) is 11.5 Å². The van der Waals surface area contributed by atoms with Crippen molar-refractivity contribution in [3.05, 3.63) is 58.1 Å². The molecule has 2 aromatic carbocycles. The van der Waals surface area contributed by atoms with E-state index >= 15 is 0 Å². The van der Waals surface area contributed by atoms with Crippen molar-refractivity contribution in [1.29, 1.82) is 0 Å². The summed E-state index contributed by atoms with van der Waals surface area (Å²) in [5.74, 6) is 1.63. The summed E-state index contributed by atoms with van der Waals surface area (Å²) in [5.41, 5.74) is 9.18. The molecule has 3 heteroatoms. The molecule has 0 aliphatic heterocycles. The van der Waals surface area contributed by atoms with Crippen LogP contribution < -0.4 is 10.5 Å². The maximum atomic E-state index is 6.27. The van der Waals surface area contributed by atoms with Gasteiger partial charge < -0.3 is 10.5 Å². The first-order chi connectivity index (χ1) is 9.47. The molecule has 2 aromatic rings. The summed E-state index contributed by atoms with van der Waals surface area (Å²) in [5, 5.41) is 0.699. The highest BCUT2D eigenvalue weighted by molar-refractivity contribution is 6.31. The zero-order valence-corrected chi connectivity index (χ0v) is 12.9. The van der Waals surface area contributed by atoms with Crippen LogP contribution in [0.3, 0.4) is 0 Å². The van der Waals surface area contributed by atoms with Crippen molar-refractivity contribution >= 4 is 11.6 Å². The highest BCUT2D eigenvalue weighted by Gasteiger charge is 2.12. The lowest BCUT2D eigenvalue weighted by Crippen LogP contribution is -2.18. The van der Waals surface area contributed by atoms with Crippen LogP contribution in [0.5, 0.6) is 11.5 Å². The van der Waals surface area contributed by atoms with Crippen LogP contribution >= 0.6 is 11.6 Å². The van der Waals surface area contributed by atoms with Crippen LogP contribution in [0.25, 0.3) is 0 Å². The minimum atomic E-state index is 0.0383. The van der Waals surface area contributed by atoms with Gasteiger partial charge in [-0.2, -0.15) is 0 Å². The number of nitrogens with two attached hydrogens (primary N) is 1. The predicted molar refractivity (Wildman–Crippen MR) is 84.8 cm³/mol. The summed E-state index contributed by atoms with van der Waals surface area (Å²) in [6.07, 6.45) is 0.694. The Kier molecular flexibility index (Phi) is 4.69. The lowest BCUT2D eigenvalue weighted by atomic mass is 10.1. The molecule has 1 atom stereocenters. The highest BCUT2D eigenvalue weighted by Crippen LogP contribution is 2.32. The molecule has 106 valence electrons. The summed E-state index contributed by atoms with van der Waals surface area (Å²) < 4.78 is 6.04. The Morgan fingerprint density at radius 3 is 2.55 bits per heavy atom. The van der Waals surface area contributed by atoms with Crippen LogP contribution in [0.1, 0.15) is 23.6 Å². The molecule has 0 aromatic heterocycles. The van der Waals surface area contributed by atoms with Gasteiger partial charge in [0, 0.05) is 16.6 Å². The first kappa shape index (κ1) is 14.9. The number of hydrogen-bond acceptors (Lipinski definition) is 2. The SMILES string of the molecule is Cc1ccc(Oc2cccc(Cl)c2CC(C)N)c(C)c1. The third-order valence-corrected chi connectivity index (χ3v) is 3.51.